The first kappa shape index (κ1) is 16.9. The van der Waals surface area contributed by atoms with Crippen molar-refractivity contribution in [3.63, 3.8) is 0 Å². The first-order valence-corrected chi connectivity index (χ1v) is 6.56. The van der Waals surface area contributed by atoms with Crippen LogP contribution in [0.2, 0.25) is 0 Å². The van der Waals surface area contributed by atoms with E-state index in [1.807, 2.05) is 0 Å². The average Bonchev–Trinajstić information content (AvgIpc) is 2.96. The number of carbonyl (C=O) groups excluding carboxylic acids is 1. The van der Waals surface area contributed by atoms with Crippen molar-refractivity contribution in [2.45, 2.75) is 25.4 Å². The molecule has 116 valence electrons. The quantitative estimate of drug-likeness (QED) is 0.207. The molecule has 0 amide bonds. The number of rotatable bonds is 10. The summed E-state index contributed by atoms with van der Waals surface area (Å²) in [4.78, 5) is 14.4. The number of hydrogen-bond acceptors (Lipinski definition) is 7. The van der Waals surface area contributed by atoms with Gasteiger partial charge in [0, 0.05) is 24.6 Å². The molecule has 0 saturated heterocycles. The van der Waals surface area contributed by atoms with Gasteiger partial charge < -0.3 is 9.84 Å². The number of ether oxygens (including phenoxy) is 1. The van der Waals surface area contributed by atoms with Crippen LogP contribution in [0.25, 0.3) is 10.4 Å². The van der Waals surface area contributed by atoms with Gasteiger partial charge >= 0.3 is 5.97 Å². The van der Waals surface area contributed by atoms with Gasteiger partial charge in [-0.3, -0.25) is 10.00 Å². The zero-order chi connectivity index (χ0) is 15.5. The number of hydrogen-bond donors (Lipinski definition) is 2. The molecule has 0 fully saturated rings. The van der Waals surface area contributed by atoms with Gasteiger partial charge in [-0.05, 0) is 24.9 Å². The molecule has 1 heterocycles. The van der Waals surface area contributed by atoms with Gasteiger partial charge in [0.05, 0.1) is 13.3 Å². The van der Waals surface area contributed by atoms with Gasteiger partial charge in [-0.2, -0.15) is 0 Å². The summed E-state index contributed by atoms with van der Waals surface area (Å²) < 4.78 is 6.29. The van der Waals surface area contributed by atoms with E-state index in [0.29, 0.717) is 38.2 Å². The summed E-state index contributed by atoms with van der Waals surface area (Å²) in [6.45, 7) is 1.41. The van der Waals surface area contributed by atoms with Gasteiger partial charge in [-0.15, -0.1) is 5.10 Å². The number of nitrogens with zero attached hydrogens (tertiary/aromatic N) is 6. The van der Waals surface area contributed by atoms with Crippen molar-refractivity contribution in [3.8, 4) is 0 Å². The minimum Gasteiger partial charge on any atom is -0.468 e. The Kier molecular flexibility index (Phi) is 7.80. The topological polar surface area (TPSA) is 138 Å². The molecule has 10 nitrogen and oxygen atoms in total. The van der Waals surface area contributed by atoms with Crippen LogP contribution in [0, 0.1) is 0 Å². The minimum absolute atomic E-state index is 0.0628. The number of aliphatic hydroxyl groups excluding tert-OH is 1. The summed E-state index contributed by atoms with van der Waals surface area (Å²) in [5.74, 6) is -0.465. The van der Waals surface area contributed by atoms with Gasteiger partial charge in [0.25, 0.3) is 0 Å². The second kappa shape index (κ2) is 9.70. The molecular formula is C11H19N7O3. The second-order valence-electron chi connectivity index (χ2n) is 4.20. The molecule has 0 aliphatic heterocycles. The highest BCUT2D eigenvalue weighted by Crippen LogP contribution is 2.11. The van der Waals surface area contributed by atoms with Crippen LogP contribution in [0.1, 0.15) is 24.6 Å². The molecule has 1 atom stereocenters. The Morgan fingerprint density at radius 1 is 1.67 bits per heavy atom. The standard InChI is InChI=1S/C11H19N7O3/c1-21-11(20)10(13-4-2-5-14-16-12)9-8-18(17-15-9)6-3-7-19/h8,10,13,19H,2-7H2,1H3. The zero-order valence-electron chi connectivity index (χ0n) is 11.8. The number of methoxy groups -OCH3 is 1. The largest absolute Gasteiger partial charge is 0.468 e. The Bertz CT molecular complexity index is 484. The van der Waals surface area contributed by atoms with Crippen LogP contribution in [-0.2, 0) is 16.1 Å². The third kappa shape index (κ3) is 5.78. The monoisotopic (exact) mass is 297 g/mol. The lowest BCUT2D eigenvalue weighted by molar-refractivity contribution is -0.143. The average molecular weight is 297 g/mol. The Balaban J connectivity index is 2.61. The number of aryl methyl sites for hydroxylation is 1. The zero-order valence-corrected chi connectivity index (χ0v) is 11.8. The number of carbonyl (C=O) groups is 1. The number of aromatic nitrogens is 3. The lowest BCUT2D eigenvalue weighted by Crippen LogP contribution is -2.31. The van der Waals surface area contributed by atoms with E-state index in [1.165, 1.54) is 7.11 Å². The van der Waals surface area contributed by atoms with Gasteiger partial charge in [0.2, 0.25) is 0 Å². The summed E-state index contributed by atoms with van der Waals surface area (Å²) in [5, 5.41) is 23.0. The lowest BCUT2D eigenvalue weighted by atomic mass is 10.2. The summed E-state index contributed by atoms with van der Waals surface area (Å²) in [5.41, 5.74) is 8.63. The van der Waals surface area contributed by atoms with Crippen LogP contribution < -0.4 is 5.32 Å². The molecule has 0 aliphatic rings. The molecule has 10 heteroatoms. The predicted molar refractivity (Wildman–Crippen MR) is 73.1 cm³/mol. The van der Waals surface area contributed by atoms with E-state index in [1.54, 1.807) is 10.9 Å². The van der Waals surface area contributed by atoms with Crippen molar-refractivity contribution in [2.24, 2.45) is 5.11 Å². The summed E-state index contributed by atoms with van der Waals surface area (Å²) in [6.07, 6.45) is 2.79. The molecule has 0 saturated carbocycles. The van der Waals surface area contributed by atoms with Crippen molar-refractivity contribution in [1.82, 2.24) is 20.3 Å². The maximum atomic E-state index is 11.8. The van der Waals surface area contributed by atoms with E-state index in [-0.39, 0.29) is 6.61 Å². The molecule has 21 heavy (non-hydrogen) atoms. The number of aliphatic hydroxyl groups is 1. The molecule has 1 unspecified atom stereocenters. The fourth-order valence-electron chi connectivity index (χ4n) is 1.66. The van der Waals surface area contributed by atoms with E-state index in [9.17, 15) is 4.79 Å². The fourth-order valence-corrected chi connectivity index (χ4v) is 1.66. The SMILES string of the molecule is COC(=O)C(NCCCN=[N+]=[N-])c1cn(CCCO)nn1. The third-order valence-electron chi connectivity index (χ3n) is 2.68. The van der Waals surface area contributed by atoms with Crippen molar-refractivity contribution < 1.29 is 14.6 Å². The predicted octanol–water partition coefficient (Wildman–Crippen LogP) is 0.165. The summed E-state index contributed by atoms with van der Waals surface area (Å²) in [6, 6.07) is -0.719. The fraction of sp³-hybridized carbons (Fsp3) is 0.727. The van der Waals surface area contributed by atoms with E-state index in [2.05, 4.69) is 25.7 Å². The maximum Gasteiger partial charge on any atom is 0.329 e. The Morgan fingerprint density at radius 3 is 3.14 bits per heavy atom. The first-order valence-electron chi connectivity index (χ1n) is 6.56. The second-order valence-corrected chi connectivity index (χ2v) is 4.20. The first-order chi connectivity index (χ1) is 10.2. The summed E-state index contributed by atoms with van der Waals surface area (Å²) in [7, 11) is 1.30. The molecule has 1 aromatic rings. The van der Waals surface area contributed by atoms with E-state index in [4.69, 9.17) is 15.4 Å². The molecule has 1 aromatic heterocycles. The van der Waals surface area contributed by atoms with Gasteiger partial charge in [-0.25, -0.2) is 4.79 Å². The highest BCUT2D eigenvalue weighted by molar-refractivity contribution is 5.76. The van der Waals surface area contributed by atoms with Crippen molar-refractivity contribution in [1.29, 1.82) is 0 Å². The van der Waals surface area contributed by atoms with E-state index < -0.39 is 12.0 Å². The molecular weight excluding hydrogens is 278 g/mol. The normalized spacial score (nSPS) is 11.7. The van der Waals surface area contributed by atoms with Crippen LogP contribution in [0.4, 0.5) is 0 Å². The van der Waals surface area contributed by atoms with Crippen molar-refractivity contribution in [2.75, 3.05) is 26.8 Å². The molecule has 0 aliphatic carbocycles. The molecule has 2 N–H and O–H groups in total. The molecule has 0 radical (unpaired) electrons. The highest BCUT2D eigenvalue weighted by Gasteiger charge is 2.23. The molecule has 0 spiro atoms. The van der Waals surface area contributed by atoms with E-state index >= 15 is 0 Å². The van der Waals surface area contributed by atoms with E-state index in [0.717, 1.165) is 0 Å². The smallest absolute Gasteiger partial charge is 0.329 e. The third-order valence-corrected chi connectivity index (χ3v) is 2.68. The van der Waals surface area contributed by atoms with Crippen molar-refractivity contribution in [3.05, 3.63) is 22.3 Å². The molecule has 0 bridgehead atoms. The van der Waals surface area contributed by atoms with Crippen LogP contribution in [0.5, 0.6) is 0 Å². The molecule has 1 rings (SSSR count). The summed E-state index contributed by atoms with van der Waals surface area (Å²) >= 11 is 0. The Labute approximate surface area is 121 Å². The van der Waals surface area contributed by atoms with Gasteiger partial charge in [0.1, 0.15) is 5.69 Å². The Hall–Kier alpha value is -2.16. The maximum absolute atomic E-state index is 11.8. The van der Waals surface area contributed by atoms with Crippen LogP contribution in [-0.4, -0.2) is 52.9 Å². The number of esters is 1. The number of nitrogens with one attached hydrogen (secondary N) is 1. The highest BCUT2D eigenvalue weighted by atomic mass is 16.5. The van der Waals surface area contributed by atoms with Crippen LogP contribution in [0.15, 0.2) is 11.3 Å². The van der Waals surface area contributed by atoms with Crippen molar-refractivity contribution >= 4 is 5.97 Å². The van der Waals surface area contributed by atoms with Gasteiger partial charge in [-0.1, -0.05) is 10.3 Å². The minimum atomic E-state index is -0.719. The molecule has 0 aromatic carbocycles. The Morgan fingerprint density at radius 2 is 2.48 bits per heavy atom. The number of azide groups is 1. The van der Waals surface area contributed by atoms with Crippen LogP contribution in [0.3, 0.4) is 0 Å². The van der Waals surface area contributed by atoms with Crippen LogP contribution >= 0.6 is 0 Å². The lowest BCUT2D eigenvalue weighted by Gasteiger charge is -2.13. The van der Waals surface area contributed by atoms with Gasteiger partial charge in [0.15, 0.2) is 6.04 Å².